The lowest BCUT2D eigenvalue weighted by Crippen LogP contribution is -1.93. The van der Waals surface area contributed by atoms with Crippen LogP contribution in [0.4, 0.5) is 8.78 Å². The first-order valence-corrected chi connectivity index (χ1v) is 7.74. The zero-order chi connectivity index (χ0) is 16.9. The third-order valence-corrected chi connectivity index (χ3v) is 3.42. The first-order valence-electron chi connectivity index (χ1n) is 6.98. The summed E-state index contributed by atoms with van der Waals surface area (Å²) in [4.78, 5) is 3.85. The van der Waals surface area contributed by atoms with Gasteiger partial charge in [0, 0.05) is 0 Å². The molecule has 0 unspecified atom stereocenters. The molecule has 22 heavy (non-hydrogen) atoms. The molecule has 120 valence electrons. The molecule has 2 rings (SSSR count). The van der Waals surface area contributed by atoms with E-state index >= 15 is 0 Å². The lowest BCUT2D eigenvalue weighted by atomic mass is 10.0. The van der Waals surface area contributed by atoms with Gasteiger partial charge in [0.15, 0.2) is 0 Å². The number of pyridine rings is 1. The van der Waals surface area contributed by atoms with E-state index in [1.54, 1.807) is 0 Å². The van der Waals surface area contributed by atoms with Gasteiger partial charge in [-0.15, -0.1) is 0 Å². The molecule has 1 heterocycles. The van der Waals surface area contributed by atoms with E-state index in [1.807, 2.05) is 26.0 Å². The summed E-state index contributed by atoms with van der Waals surface area (Å²) < 4.78 is 25.4. The van der Waals surface area contributed by atoms with Gasteiger partial charge in [0.05, 0.1) is 0 Å². The van der Waals surface area contributed by atoms with E-state index in [1.165, 1.54) is 6.07 Å². The largest absolute Gasteiger partial charge is 0.224 e. The molecular formula is C17H19Cl2F2N. The topological polar surface area (TPSA) is 12.9 Å². The summed E-state index contributed by atoms with van der Waals surface area (Å²) in [5, 5.41) is 0.919. The van der Waals surface area contributed by atoms with Crippen molar-refractivity contribution in [1.82, 2.24) is 4.98 Å². The third-order valence-electron chi connectivity index (χ3n) is 3.03. The standard InChI is InChI=1S/C9H10F2.C8H9Cl2N/c1-6(2)8-5-7(10)3-4-9(8)11;1-5(2)6-3-7(9)11-8(10)4-6/h3-6H,1-2H3;3-5H,1-2H3. The zero-order valence-electron chi connectivity index (χ0n) is 13.0. The fourth-order valence-electron chi connectivity index (χ4n) is 1.77. The molecule has 0 radical (unpaired) electrons. The van der Waals surface area contributed by atoms with Crippen LogP contribution in [0.25, 0.3) is 0 Å². The van der Waals surface area contributed by atoms with Crippen molar-refractivity contribution in [3.8, 4) is 0 Å². The normalized spacial score (nSPS) is 10.6. The molecule has 1 aromatic heterocycles. The van der Waals surface area contributed by atoms with Gasteiger partial charge in [-0.05, 0) is 53.3 Å². The minimum Gasteiger partial charge on any atom is -0.224 e. The summed E-state index contributed by atoms with van der Waals surface area (Å²) in [6.45, 7) is 7.83. The van der Waals surface area contributed by atoms with Crippen LogP contribution in [0.5, 0.6) is 0 Å². The predicted octanol–water partition coefficient (Wildman–Crippen LogP) is 6.60. The van der Waals surface area contributed by atoms with Crippen LogP contribution in [0.1, 0.15) is 50.7 Å². The first-order chi connectivity index (χ1) is 10.2. The Kier molecular flexibility index (Phi) is 7.24. The maximum atomic E-state index is 12.9. The second kappa shape index (κ2) is 8.44. The minimum absolute atomic E-state index is 0.0331. The summed E-state index contributed by atoms with van der Waals surface area (Å²) in [5.41, 5.74) is 1.56. The molecule has 0 saturated carbocycles. The minimum atomic E-state index is -0.380. The van der Waals surface area contributed by atoms with E-state index in [9.17, 15) is 8.78 Å². The molecule has 1 nitrogen and oxygen atoms in total. The van der Waals surface area contributed by atoms with Gasteiger partial charge in [-0.1, -0.05) is 50.9 Å². The van der Waals surface area contributed by atoms with Crippen LogP contribution in [0, 0.1) is 11.6 Å². The van der Waals surface area contributed by atoms with Crippen molar-refractivity contribution in [2.24, 2.45) is 0 Å². The van der Waals surface area contributed by atoms with Crippen molar-refractivity contribution < 1.29 is 8.78 Å². The molecule has 5 heteroatoms. The summed E-state index contributed by atoms with van der Waals surface area (Å²) in [6.07, 6.45) is 0. The molecule has 0 atom stereocenters. The Labute approximate surface area is 140 Å². The maximum Gasteiger partial charge on any atom is 0.131 e. The summed E-state index contributed by atoms with van der Waals surface area (Å²) in [6, 6.07) is 7.18. The summed E-state index contributed by atoms with van der Waals surface area (Å²) >= 11 is 11.4. The fourth-order valence-corrected chi connectivity index (χ4v) is 2.25. The molecule has 0 fully saturated rings. The predicted molar refractivity (Wildman–Crippen MR) is 88.8 cm³/mol. The van der Waals surface area contributed by atoms with E-state index in [-0.39, 0.29) is 17.6 Å². The van der Waals surface area contributed by atoms with Crippen molar-refractivity contribution in [2.45, 2.75) is 39.5 Å². The lowest BCUT2D eigenvalue weighted by molar-refractivity contribution is 0.575. The number of hydrogen-bond donors (Lipinski definition) is 0. The van der Waals surface area contributed by atoms with Gasteiger partial charge < -0.3 is 0 Å². The SMILES string of the molecule is CC(C)c1cc(Cl)nc(Cl)c1.CC(C)c1cc(F)ccc1F. The Balaban J connectivity index is 0.000000220. The lowest BCUT2D eigenvalue weighted by Gasteiger charge is -2.05. The van der Waals surface area contributed by atoms with Crippen molar-refractivity contribution in [3.05, 3.63) is 63.4 Å². The van der Waals surface area contributed by atoms with Crippen LogP contribution in [-0.2, 0) is 0 Å². The van der Waals surface area contributed by atoms with Crippen molar-refractivity contribution >= 4 is 23.2 Å². The van der Waals surface area contributed by atoms with Gasteiger partial charge >= 0.3 is 0 Å². The Bertz CT molecular complexity index is 608. The monoisotopic (exact) mass is 345 g/mol. The Morgan fingerprint density at radius 1 is 0.864 bits per heavy atom. The average Bonchev–Trinajstić information content (AvgIpc) is 2.41. The Morgan fingerprint density at radius 3 is 1.82 bits per heavy atom. The van der Waals surface area contributed by atoms with Crippen molar-refractivity contribution in [3.63, 3.8) is 0 Å². The Hall–Kier alpha value is -1.19. The van der Waals surface area contributed by atoms with E-state index in [0.717, 1.165) is 17.7 Å². The molecule has 0 saturated heterocycles. The number of nitrogens with zero attached hydrogens (tertiary/aromatic N) is 1. The number of benzene rings is 1. The average molecular weight is 346 g/mol. The highest BCUT2D eigenvalue weighted by atomic mass is 35.5. The highest BCUT2D eigenvalue weighted by Gasteiger charge is 2.06. The molecule has 0 bridgehead atoms. The van der Waals surface area contributed by atoms with Gasteiger partial charge in [-0.2, -0.15) is 0 Å². The molecule has 0 N–H and O–H groups in total. The Morgan fingerprint density at radius 2 is 1.41 bits per heavy atom. The molecule has 0 aliphatic rings. The van der Waals surface area contributed by atoms with E-state index in [2.05, 4.69) is 18.8 Å². The van der Waals surface area contributed by atoms with Crippen LogP contribution < -0.4 is 0 Å². The quantitative estimate of drug-likeness (QED) is 0.558. The van der Waals surface area contributed by atoms with Crippen molar-refractivity contribution in [2.75, 3.05) is 0 Å². The molecule has 1 aromatic carbocycles. The van der Waals surface area contributed by atoms with Crippen LogP contribution >= 0.6 is 23.2 Å². The number of rotatable bonds is 2. The van der Waals surface area contributed by atoms with Crippen LogP contribution in [0.15, 0.2) is 30.3 Å². The van der Waals surface area contributed by atoms with Gasteiger partial charge in [-0.25, -0.2) is 13.8 Å². The van der Waals surface area contributed by atoms with Gasteiger partial charge in [0.25, 0.3) is 0 Å². The molecule has 0 spiro atoms. The highest BCUT2D eigenvalue weighted by molar-refractivity contribution is 6.32. The molecule has 0 aliphatic heterocycles. The maximum absolute atomic E-state index is 12.9. The van der Waals surface area contributed by atoms with Gasteiger partial charge in [0.1, 0.15) is 21.9 Å². The van der Waals surface area contributed by atoms with Gasteiger partial charge in [-0.3, -0.25) is 0 Å². The third kappa shape index (κ3) is 5.90. The van der Waals surface area contributed by atoms with E-state index < -0.39 is 0 Å². The first kappa shape index (κ1) is 18.9. The molecule has 0 aliphatic carbocycles. The number of aromatic nitrogens is 1. The number of hydrogen-bond acceptors (Lipinski definition) is 1. The van der Waals surface area contributed by atoms with Crippen molar-refractivity contribution in [1.29, 1.82) is 0 Å². The highest BCUT2D eigenvalue weighted by Crippen LogP contribution is 2.21. The number of halogens is 4. The van der Waals surface area contributed by atoms with Gasteiger partial charge in [0.2, 0.25) is 0 Å². The second-order valence-electron chi connectivity index (χ2n) is 5.52. The van der Waals surface area contributed by atoms with Crippen LogP contribution in [0.2, 0.25) is 10.3 Å². The van der Waals surface area contributed by atoms with Crippen LogP contribution in [0.3, 0.4) is 0 Å². The summed E-state index contributed by atoms with van der Waals surface area (Å²) in [5.74, 6) is -0.241. The molecule has 2 aromatic rings. The second-order valence-corrected chi connectivity index (χ2v) is 6.30. The van der Waals surface area contributed by atoms with Crippen LogP contribution in [-0.4, -0.2) is 4.98 Å². The molecule has 0 amide bonds. The zero-order valence-corrected chi connectivity index (χ0v) is 14.5. The fraction of sp³-hybridized carbons (Fsp3) is 0.353. The smallest absolute Gasteiger partial charge is 0.131 e. The summed E-state index contributed by atoms with van der Waals surface area (Å²) in [7, 11) is 0. The van der Waals surface area contributed by atoms with E-state index in [0.29, 0.717) is 21.8 Å². The molecular weight excluding hydrogens is 327 g/mol. The van der Waals surface area contributed by atoms with E-state index in [4.69, 9.17) is 23.2 Å².